The van der Waals surface area contributed by atoms with Gasteiger partial charge in [0.1, 0.15) is 5.76 Å². The Morgan fingerprint density at radius 3 is 2.26 bits per heavy atom. The molecule has 1 aromatic heterocycles. The smallest absolute Gasteiger partial charge is 0.449 e. The quantitative estimate of drug-likeness (QED) is 0.397. The van der Waals surface area contributed by atoms with Crippen LogP contribution < -0.4 is 0 Å². The second-order valence-corrected chi connectivity index (χ2v) is 8.01. The SMILES string of the molecule is COC(=O)C(C)(C)c1cccc(-c2ccc(CCCc3ccc(C(F)(F)F)o3)cc2)c1. The molecule has 2 aromatic carbocycles. The minimum Gasteiger partial charge on any atom is -0.468 e. The Hall–Kier alpha value is -3.02. The summed E-state index contributed by atoms with van der Waals surface area (Å²) in [6.45, 7) is 3.66. The normalized spacial score (nSPS) is 12.1. The van der Waals surface area contributed by atoms with Gasteiger partial charge in [0, 0.05) is 6.42 Å². The van der Waals surface area contributed by atoms with Gasteiger partial charge in [0.05, 0.1) is 12.5 Å². The molecule has 0 unspecified atom stereocenters. The zero-order chi connectivity index (χ0) is 22.6. The van der Waals surface area contributed by atoms with Gasteiger partial charge in [0.2, 0.25) is 5.76 Å². The fourth-order valence-corrected chi connectivity index (χ4v) is 3.46. The molecule has 0 aliphatic rings. The van der Waals surface area contributed by atoms with Crippen molar-refractivity contribution in [2.24, 2.45) is 0 Å². The van der Waals surface area contributed by atoms with Gasteiger partial charge < -0.3 is 9.15 Å². The van der Waals surface area contributed by atoms with Crippen molar-refractivity contribution in [3.8, 4) is 11.1 Å². The lowest BCUT2D eigenvalue weighted by Gasteiger charge is -2.22. The number of aryl methyl sites for hydroxylation is 2. The third kappa shape index (κ3) is 5.37. The van der Waals surface area contributed by atoms with Gasteiger partial charge >= 0.3 is 12.1 Å². The summed E-state index contributed by atoms with van der Waals surface area (Å²) in [4.78, 5) is 12.1. The molecule has 3 nitrogen and oxygen atoms in total. The lowest BCUT2D eigenvalue weighted by atomic mass is 9.83. The molecular weight excluding hydrogens is 405 g/mol. The Balaban J connectivity index is 1.63. The van der Waals surface area contributed by atoms with Crippen LogP contribution in [-0.4, -0.2) is 13.1 Å². The number of furan rings is 1. The minimum atomic E-state index is -4.45. The van der Waals surface area contributed by atoms with Crippen LogP contribution in [0.3, 0.4) is 0 Å². The summed E-state index contributed by atoms with van der Waals surface area (Å²) in [7, 11) is 1.38. The molecule has 0 atom stereocenters. The molecule has 3 rings (SSSR count). The highest BCUT2D eigenvalue weighted by atomic mass is 19.4. The molecule has 0 bridgehead atoms. The molecule has 0 aliphatic carbocycles. The molecule has 0 radical (unpaired) electrons. The molecule has 0 saturated carbocycles. The summed E-state index contributed by atoms with van der Waals surface area (Å²) in [6.07, 6.45) is -2.58. The minimum absolute atomic E-state index is 0.293. The Morgan fingerprint density at radius 1 is 0.935 bits per heavy atom. The molecule has 0 fully saturated rings. The van der Waals surface area contributed by atoms with E-state index in [9.17, 15) is 18.0 Å². The number of esters is 1. The Labute approximate surface area is 179 Å². The summed E-state index contributed by atoms with van der Waals surface area (Å²) in [5.74, 6) is -0.905. The van der Waals surface area contributed by atoms with Crippen LogP contribution in [0.5, 0.6) is 0 Å². The van der Waals surface area contributed by atoms with Crippen molar-refractivity contribution in [3.05, 3.63) is 83.3 Å². The highest BCUT2D eigenvalue weighted by Gasteiger charge is 2.34. The van der Waals surface area contributed by atoms with Gasteiger partial charge in [-0.1, -0.05) is 48.5 Å². The highest BCUT2D eigenvalue weighted by Crippen LogP contribution is 2.31. The number of rotatable bonds is 7. The van der Waals surface area contributed by atoms with Gasteiger partial charge in [-0.3, -0.25) is 4.79 Å². The third-order valence-electron chi connectivity index (χ3n) is 5.40. The Morgan fingerprint density at radius 2 is 1.65 bits per heavy atom. The maximum absolute atomic E-state index is 12.6. The van der Waals surface area contributed by atoms with Crippen molar-refractivity contribution in [2.45, 2.75) is 44.7 Å². The number of carbonyl (C=O) groups is 1. The van der Waals surface area contributed by atoms with Gasteiger partial charge in [-0.2, -0.15) is 13.2 Å². The maximum Gasteiger partial charge on any atom is 0.449 e. The number of hydrogen-bond acceptors (Lipinski definition) is 3. The van der Waals surface area contributed by atoms with E-state index in [-0.39, 0.29) is 5.97 Å². The average molecular weight is 430 g/mol. The highest BCUT2D eigenvalue weighted by molar-refractivity contribution is 5.82. The number of halogens is 3. The predicted octanol–water partition coefficient (Wildman–Crippen LogP) is 6.59. The first-order valence-corrected chi connectivity index (χ1v) is 10.1. The second-order valence-electron chi connectivity index (χ2n) is 8.01. The lowest BCUT2D eigenvalue weighted by molar-refractivity contribution is -0.153. The van der Waals surface area contributed by atoms with Crippen LogP contribution in [0, 0.1) is 0 Å². The van der Waals surface area contributed by atoms with Crippen LogP contribution in [0.1, 0.15) is 42.9 Å². The summed E-state index contributed by atoms with van der Waals surface area (Å²) in [5.41, 5.74) is 3.24. The van der Waals surface area contributed by atoms with E-state index >= 15 is 0 Å². The van der Waals surface area contributed by atoms with Gasteiger partial charge in [-0.15, -0.1) is 0 Å². The molecule has 0 N–H and O–H groups in total. The zero-order valence-electron chi connectivity index (χ0n) is 17.8. The molecule has 0 amide bonds. The summed E-state index contributed by atoms with van der Waals surface area (Å²) >= 11 is 0. The van der Waals surface area contributed by atoms with Crippen molar-refractivity contribution < 1.29 is 27.1 Å². The van der Waals surface area contributed by atoms with E-state index < -0.39 is 17.4 Å². The van der Waals surface area contributed by atoms with Crippen molar-refractivity contribution in [1.82, 2.24) is 0 Å². The van der Waals surface area contributed by atoms with Crippen molar-refractivity contribution in [3.63, 3.8) is 0 Å². The number of carbonyl (C=O) groups excluding carboxylic acids is 1. The van der Waals surface area contributed by atoms with E-state index in [1.807, 2.05) is 62.4 Å². The summed E-state index contributed by atoms with van der Waals surface area (Å²) in [6, 6.07) is 18.2. The van der Waals surface area contributed by atoms with Crippen molar-refractivity contribution in [1.29, 1.82) is 0 Å². The number of hydrogen-bond donors (Lipinski definition) is 0. The van der Waals surface area contributed by atoms with Crippen LogP contribution in [0.15, 0.2) is 65.1 Å². The first kappa shape index (κ1) is 22.7. The van der Waals surface area contributed by atoms with Crippen LogP contribution >= 0.6 is 0 Å². The van der Waals surface area contributed by atoms with Crippen LogP contribution in [0.25, 0.3) is 11.1 Å². The van der Waals surface area contributed by atoms with Crippen LogP contribution in [-0.2, 0) is 34.0 Å². The average Bonchev–Trinajstić information content (AvgIpc) is 3.23. The van der Waals surface area contributed by atoms with E-state index in [1.54, 1.807) is 0 Å². The van der Waals surface area contributed by atoms with E-state index in [0.29, 0.717) is 18.6 Å². The first-order chi connectivity index (χ1) is 14.6. The number of methoxy groups -OCH3 is 1. The predicted molar refractivity (Wildman–Crippen MR) is 113 cm³/mol. The molecule has 0 aliphatic heterocycles. The fourth-order valence-electron chi connectivity index (χ4n) is 3.46. The third-order valence-corrected chi connectivity index (χ3v) is 5.40. The lowest BCUT2D eigenvalue weighted by Crippen LogP contribution is -2.30. The largest absolute Gasteiger partial charge is 0.468 e. The van der Waals surface area contributed by atoms with Crippen molar-refractivity contribution >= 4 is 5.97 Å². The summed E-state index contributed by atoms with van der Waals surface area (Å²) < 4.78 is 47.6. The van der Waals surface area contributed by atoms with Crippen LogP contribution in [0.4, 0.5) is 13.2 Å². The Kier molecular flexibility index (Phi) is 6.58. The van der Waals surface area contributed by atoms with Gasteiger partial charge in [0.25, 0.3) is 0 Å². The fraction of sp³-hybridized carbons (Fsp3) is 0.320. The molecule has 6 heteroatoms. The van der Waals surface area contributed by atoms with Crippen LogP contribution in [0.2, 0.25) is 0 Å². The molecule has 0 saturated heterocycles. The monoisotopic (exact) mass is 430 g/mol. The van der Waals surface area contributed by atoms with E-state index in [0.717, 1.165) is 34.7 Å². The maximum atomic E-state index is 12.6. The zero-order valence-corrected chi connectivity index (χ0v) is 17.8. The number of benzene rings is 2. The van der Waals surface area contributed by atoms with Gasteiger partial charge in [0.15, 0.2) is 0 Å². The number of ether oxygens (including phenoxy) is 1. The first-order valence-electron chi connectivity index (χ1n) is 10.1. The molecule has 31 heavy (non-hydrogen) atoms. The topological polar surface area (TPSA) is 39.4 Å². The molecule has 0 spiro atoms. The molecule has 1 heterocycles. The second kappa shape index (κ2) is 9.00. The standard InChI is InChI=1S/C25H25F3O3/c1-24(2,23(29)30-3)20-8-5-7-19(16-20)18-12-10-17(11-13-18)6-4-9-21-14-15-22(31-21)25(26,27)28/h5,7-8,10-16H,4,6,9H2,1-3H3. The molecular formula is C25H25F3O3. The van der Waals surface area contributed by atoms with E-state index in [4.69, 9.17) is 9.15 Å². The molecule has 164 valence electrons. The van der Waals surface area contributed by atoms with Crippen molar-refractivity contribution in [2.75, 3.05) is 7.11 Å². The number of alkyl halides is 3. The summed E-state index contributed by atoms with van der Waals surface area (Å²) in [5, 5.41) is 0. The van der Waals surface area contributed by atoms with E-state index in [2.05, 4.69) is 0 Å². The van der Waals surface area contributed by atoms with Gasteiger partial charge in [-0.25, -0.2) is 0 Å². The Bertz CT molecular complexity index is 1030. The van der Waals surface area contributed by atoms with Gasteiger partial charge in [-0.05, 0) is 61.1 Å². The van der Waals surface area contributed by atoms with E-state index in [1.165, 1.54) is 13.2 Å². The molecule has 3 aromatic rings.